The van der Waals surface area contributed by atoms with E-state index in [0.29, 0.717) is 16.8 Å². The molecule has 2 aliphatic heterocycles. The van der Waals surface area contributed by atoms with Crippen LogP contribution in [-0.2, 0) is 15.8 Å². The van der Waals surface area contributed by atoms with Crippen molar-refractivity contribution in [3.8, 4) is 0 Å². The first-order chi connectivity index (χ1) is 16.6. The maximum Gasteiger partial charge on any atom is 0.416 e. The standard InChI is InChI=1S/C25H23F3N4O3/c1-31-18-13-32(21(15-5-3-2-4-6-15)22(33)29-17-11-12-17)23(34)19(18)20(30-24(31)35)14-7-9-16(10-8-14)25(26,27)28/h2-10,17,20-21H,11-13H2,1H3,(H,29,33)(H,30,35). The molecular weight excluding hydrogens is 461 g/mol. The molecule has 2 heterocycles. The lowest BCUT2D eigenvalue weighted by Crippen LogP contribution is -2.45. The maximum atomic E-state index is 13.8. The number of halogens is 3. The van der Waals surface area contributed by atoms with Gasteiger partial charge in [-0.1, -0.05) is 42.5 Å². The van der Waals surface area contributed by atoms with Gasteiger partial charge in [0.15, 0.2) is 0 Å². The Hall–Kier alpha value is -3.82. The molecule has 2 atom stereocenters. The fourth-order valence-corrected chi connectivity index (χ4v) is 4.53. The van der Waals surface area contributed by atoms with Gasteiger partial charge in [0.25, 0.3) is 5.91 Å². The minimum absolute atomic E-state index is 0.0207. The lowest BCUT2D eigenvalue weighted by Gasteiger charge is -2.31. The Morgan fingerprint density at radius 1 is 1.06 bits per heavy atom. The molecule has 1 fully saturated rings. The van der Waals surface area contributed by atoms with Gasteiger partial charge in [-0.15, -0.1) is 0 Å². The minimum Gasteiger partial charge on any atom is -0.351 e. The van der Waals surface area contributed by atoms with E-state index in [9.17, 15) is 27.6 Å². The molecule has 0 bridgehead atoms. The largest absolute Gasteiger partial charge is 0.416 e. The molecule has 3 aliphatic rings. The molecule has 1 saturated carbocycles. The number of amides is 4. The number of rotatable bonds is 5. The molecule has 0 aromatic heterocycles. The summed E-state index contributed by atoms with van der Waals surface area (Å²) in [7, 11) is 1.52. The van der Waals surface area contributed by atoms with E-state index >= 15 is 0 Å². The van der Waals surface area contributed by atoms with Crippen molar-refractivity contribution in [2.45, 2.75) is 37.1 Å². The van der Waals surface area contributed by atoms with Crippen molar-refractivity contribution >= 4 is 17.8 Å². The topological polar surface area (TPSA) is 81.8 Å². The van der Waals surface area contributed by atoms with Crippen molar-refractivity contribution in [3.63, 3.8) is 0 Å². The van der Waals surface area contributed by atoms with E-state index < -0.39 is 35.8 Å². The summed E-state index contributed by atoms with van der Waals surface area (Å²) in [5, 5.41) is 5.67. The fraction of sp³-hybridized carbons (Fsp3) is 0.320. The molecule has 7 nitrogen and oxygen atoms in total. The van der Waals surface area contributed by atoms with Crippen LogP contribution in [0.5, 0.6) is 0 Å². The Labute approximate surface area is 199 Å². The summed E-state index contributed by atoms with van der Waals surface area (Å²) in [6, 6.07) is 11.0. The highest BCUT2D eigenvalue weighted by atomic mass is 19.4. The number of hydrogen-bond acceptors (Lipinski definition) is 3. The molecule has 35 heavy (non-hydrogen) atoms. The number of nitrogens with one attached hydrogen (secondary N) is 2. The Balaban J connectivity index is 1.51. The van der Waals surface area contributed by atoms with Crippen molar-refractivity contribution in [2.24, 2.45) is 0 Å². The number of nitrogens with zero attached hydrogens (tertiary/aromatic N) is 2. The van der Waals surface area contributed by atoms with Gasteiger partial charge in [0.05, 0.1) is 29.4 Å². The Bertz CT molecular complexity index is 1210. The number of benzene rings is 2. The van der Waals surface area contributed by atoms with E-state index in [1.54, 1.807) is 24.3 Å². The molecule has 2 unspecified atom stereocenters. The zero-order valence-electron chi connectivity index (χ0n) is 18.8. The molecule has 1 aliphatic carbocycles. The van der Waals surface area contributed by atoms with E-state index in [-0.39, 0.29) is 24.1 Å². The normalized spacial score (nSPS) is 21.1. The van der Waals surface area contributed by atoms with Gasteiger partial charge in [0, 0.05) is 13.1 Å². The van der Waals surface area contributed by atoms with Crippen LogP contribution in [0.3, 0.4) is 0 Å². The van der Waals surface area contributed by atoms with Gasteiger partial charge in [-0.2, -0.15) is 13.2 Å². The smallest absolute Gasteiger partial charge is 0.351 e. The SMILES string of the molecule is CN1C(=O)NC(c2ccc(C(F)(F)F)cc2)C2=C1CN(C(C(=O)NC1CC1)c1ccccc1)C2=O. The van der Waals surface area contributed by atoms with Gasteiger partial charge in [0.1, 0.15) is 6.04 Å². The summed E-state index contributed by atoms with van der Waals surface area (Å²) < 4.78 is 39.1. The van der Waals surface area contributed by atoms with E-state index in [1.807, 2.05) is 6.07 Å². The van der Waals surface area contributed by atoms with E-state index in [4.69, 9.17) is 0 Å². The summed E-state index contributed by atoms with van der Waals surface area (Å²) in [4.78, 5) is 42.4. The second-order valence-electron chi connectivity index (χ2n) is 8.95. The predicted molar refractivity (Wildman–Crippen MR) is 120 cm³/mol. The van der Waals surface area contributed by atoms with Crippen LogP contribution in [0.2, 0.25) is 0 Å². The second-order valence-corrected chi connectivity index (χ2v) is 8.95. The lowest BCUT2D eigenvalue weighted by molar-refractivity contribution is -0.137. The zero-order valence-corrected chi connectivity index (χ0v) is 18.8. The molecule has 5 rings (SSSR count). The number of likely N-dealkylation sites (N-methyl/N-ethyl adjacent to an activating group) is 1. The number of hydrogen-bond donors (Lipinski definition) is 2. The fourth-order valence-electron chi connectivity index (χ4n) is 4.53. The molecule has 0 radical (unpaired) electrons. The van der Waals surface area contributed by atoms with Crippen molar-refractivity contribution in [3.05, 3.63) is 82.6 Å². The highest BCUT2D eigenvalue weighted by Crippen LogP contribution is 2.40. The quantitative estimate of drug-likeness (QED) is 0.682. The third-order valence-electron chi connectivity index (χ3n) is 6.56. The molecule has 2 aromatic carbocycles. The van der Waals surface area contributed by atoms with Gasteiger partial charge in [-0.05, 0) is 36.1 Å². The molecule has 2 N–H and O–H groups in total. The van der Waals surface area contributed by atoms with Crippen LogP contribution in [0.4, 0.5) is 18.0 Å². The average Bonchev–Trinajstić information content (AvgIpc) is 3.58. The van der Waals surface area contributed by atoms with Gasteiger partial charge < -0.3 is 15.5 Å². The molecule has 4 amide bonds. The second kappa shape index (κ2) is 8.44. The monoisotopic (exact) mass is 484 g/mol. The summed E-state index contributed by atoms with van der Waals surface area (Å²) in [5.74, 6) is -0.753. The average molecular weight is 484 g/mol. The molecule has 0 saturated heterocycles. The highest BCUT2D eigenvalue weighted by molar-refractivity contribution is 6.03. The number of carbonyl (C=O) groups is 3. The van der Waals surface area contributed by atoms with E-state index in [0.717, 1.165) is 25.0 Å². The van der Waals surface area contributed by atoms with Crippen LogP contribution < -0.4 is 10.6 Å². The number of urea groups is 1. The van der Waals surface area contributed by atoms with Crippen LogP contribution in [0.1, 0.15) is 41.6 Å². The highest BCUT2D eigenvalue weighted by Gasteiger charge is 2.47. The molecule has 0 spiro atoms. The molecular formula is C25H23F3N4O3. The summed E-state index contributed by atoms with van der Waals surface area (Å²) in [5.41, 5.74) is 0.818. The van der Waals surface area contributed by atoms with Crippen LogP contribution in [0, 0.1) is 0 Å². The van der Waals surface area contributed by atoms with Crippen LogP contribution in [0.25, 0.3) is 0 Å². The van der Waals surface area contributed by atoms with Crippen molar-refractivity contribution in [1.82, 2.24) is 20.4 Å². The lowest BCUT2D eigenvalue weighted by atomic mass is 9.94. The van der Waals surface area contributed by atoms with Crippen molar-refractivity contribution in [2.75, 3.05) is 13.6 Å². The van der Waals surface area contributed by atoms with Gasteiger partial charge in [0.2, 0.25) is 5.91 Å². The van der Waals surface area contributed by atoms with E-state index in [2.05, 4.69) is 10.6 Å². The van der Waals surface area contributed by atoms with E-state index in [1.165, 1.54) is 29.0 Å². The Kier molecular flexibility index (Phi) is 5.53. The number of carbonyl (C=O) groups excluding carboxylic acids is 3. The zero-order chi connectivity index (χ0) is 24.9. The molecule has 10 heteroatoms. The summed E-state index contributed by atoms with van der Waals surface area (Å²) in [6.07, 6.45) is -2.74. The van der Waals surface area contributed by atoms with Gasteiger partial charge >= 0.3 is 12.2 Å². The third-order valence-corrected chi connectivity index (χ3v) is 6.56. The molecule has 182 valence electrons. The molecule has 2 aromatic rings. The van der Waals surface area contributed by atoms with Gasteiger partial charge in [-0.3, -0.25) is 14.5 Å². The third kappa shape index (κ3) is 4.24. The minimum atomic E-state index is -4.50. The summed E-state index contributed by atoms with van der Waals surface area (Å²) in [6.45, 7) is 0.0207. The van der Waals surface area contributed by atoms with Crippen LogP contribution >= 0.6 is 0 Å². The van der Waals surface area contributed by atoms with Crippen molar-refractivity contribution < 1.29 is 27.6 Å². The first-order valence-electron chi connectivity index (χ1n) is 11.3. The first kappa shape index (κ1) is 22.9. The van der Waals surface area contributed by atoms with Gasteiger partial charge in [-0.25, -0.2) is 4.79 Å². The maximum absolute atomic E-state index is 13.8. The Morgan fingerprint density at radius 3 is 2.31 bits per heavy atom. The predicted octanol–water partition coefficient (Wildman–Crippen LogP) is 3.52. The van der Waals surface area contributed by atoms with Crippen LogP contribution in [0.15, 0.2) is 65.9 Å². The summed E-state index contributed by atoms with van der Waals surface area (Å²) >= 11 is 0. The van der Waals surface area contributed by atoms with Crippen LogP contribution in [-0.4, -0.2) is 47.3 Å². The number of alkyl halides is 3. The Morgan fingerprint density at radius 2 is 1.71 bits per heavy atom. The first-order valence-corrected chi connectivity index (χ1v) is 11.3. The van der Waals surface area contributed by atoms with Crippen molar-refractivity contribution in [1.29, 1.82) is 0 Å².